The molecule has 1 fully saturated rings. The Kier molecular flexibility index (Phi) is 3.99. The van der Waals surface area contributed by atoms with Gasteiger partial charge in [0.05, 0.1) is 23.4 Å². The molecule has 0 saturated carbocycles. The van der Waals surface area contributed by atoms with Gasteiger partial charge in [-0.05, 0) is 30.3 Å². The highest BCUT2D eigenvalue weighted by molar-refractivity contribution is 6.23. The molecule has 6 nitrogen and oxygen atoms in total. The largest absolute Gasteiger partial charge is 0.478 e. The van der Waals surface area contributed by atoms with Crippen molar-refractivity contribution in [3.63, 3.8) is 0 Å². The molecule has 0 radical (unpaired) electrons. The maximum atomic E-state index is 13.7. The van der Waals surface area contributed by atoms with Crippen LogP contribution in [0.2, 0.25) is 0 Å². The first kappa shape index (κ1) is 15.7. The molecule has 24 heavy (non-hydrogen) atoms. The number of hydrogen-bond donors (Lipinski definition) is 2. The Morgan fingerprint density at radius 3 is 2.62 bits per heavy atom. The van der Waals surface area contributed by atoms with E-state index in [1.165, 1.54) is 42.5 Å². The summed E-state index contributed by atoms with van der Waals surface area (Å²) < 4.78 is 13.7. The molecule has 122 valence electrons. The number of hydrogen-bond acceptors (Lipinski definition) is 4. The first-order chi connectivity index (χ1) is 11.5. The van der Waals surface area contributed by atoms with Gasteiger partial charge in [-0.1, -0.05) is 18.2 Å². The molecule has 1 aliphatic rings. The van der Waals surface area contributed by atoms with E-state index in [4.69, 9.17) is 5.11 Å². The second kappa shape index (κ2) is 6.11. The minimum Gasteiger partial charge on any atom is -0.478 e. The van der Waals surface area contributed by atoms with Crippen molar-refractivity contribution < 1.29 is 23.9 Å². The summed E-state index contributed by atoms with van der Waals surface area (Å²) in [5, 5.41) is 11.7. The molecule has 2 aromatic rings. The number of carbonyl (C=O) groups excluding carboxylic acids is 2. The van der Waals surface area contributed by atoms with Crippen LogP contribution < -0.4 is 10.2 Å². The van der Waals surface area contributed by atoms with Gasteiger partial charge in [0.15, 0.2) is 0 Å². The molecule has 7 heteroatoms. The molecule has 0 spiro atoms. The lowest BCUT2D eigenvalue weighted by atomic mass is 10.2. The minimum absolute atomic E-state index is 0.0291. The highest BCUT2D eigenvalue weighted by atomic mass is 19.1. The van der Waals surface area contributed by atoms with E-state index in [-0.39, 0.29) is 23.4 Å². The van der Waals surface area contributed by atoms with Gasteiger partial charge in [-0.25, -0.2) is 14.1 Å². The van der Waals surface area contributed by atoms with Gasteiger partial charge in [0, 0.05) is 0 Å². The lowest BCUT2D eigenvalue weighted by Crippen LogP contribution is -2.35. The molecular formula is C17H13FN2O4. The monoisotopic (exact) mass is 328 g/mol. The van der Waals surface area contributed by atoms with Gasteiger partial charge in [-0.2, -0.15) is 0 Å². The summed E-state index contributed by atoms with van der Waals surface area (Å²) in [5.74, 6) is -2.71. The van der Waals surface area contributed by atoms with Crippen molar-refractivity contribution in [2.24, 2.45) is 0 Å². The third kappa shape index (κ3) is 2.83. The summed E-state index contributed by atoms with van der Waals surface area (Å²) in [6, 6.07) is 10.5. The summed E-state index contributed by atoms with van der Waals surface area (Å²) in [5.41, 5.74) is 0.283. The zero-order valence-corrected chi connectivity index (χ0v) is 12.4. The normalized spacial score (nSPS) is 17.2. The second-order valence-corrected chi connectivity index (χ2v) is 5.30. The number of aromatic carboxylic acids is 1. The van der Waals surface area contributed by atoms with E-state index in [9.17, 15) is 18.8 Å². The molecule has 0 aliphatic carbocycles. The maximum absolute atomic E-state index is 13.7. The van der Waals surface area contributed by atoms with E-state index in [1.54, 1.807) is 6.07 Å². The van der Waals surface area contributed by atoms with E-state index in [0.717, 1.165) is 4.90 Å². The molecule has 2 amide bonds. The van der Waals surface area contributed by atoms with E-state index in [1.807, 2.05) is 0 Å². The van der Waals surface area contributed by atoms with Gasteiger partial charge >= 0.3 is 5.97 Å². The van der Waals surface area contributed by atoms with Gasteiger partial charge in [0.2, 0.25) is 5.91 Å². The van der Waals surface area contributed by atoms with Crippen molar-refractivity contribution in [2.45, 2.75) is 12.5 Å². The van der Waals surface area contributed by atoms with Crippen LogP contribution in [0, 0.1) is 5.82 Å². The second-order valence-electron chi connectivity index (χ2n) is 5.30. The zero-order chi connectivity index (χ0) is 17.3. The lowest BCUT2D eigenvalue weighted by Gasteiger charge is -2.16. The molecule has 2 aromatic carbocycles. The van der Waals surface area contributed by atoms with Crippen LogP contribution in [-0.4, -0.2) is 28.9 Å². The summed E-state index contributed by atoms with van der Waals surface area (Å²) in [4.78, 5) is 36.6. The van der Waals surface area contributed by atoms with Crippen molar-refractivity contribution >= 4 is 29.2 Å². The quantitative estimate of drug-likeness (QED) is 0.841. The van der Waals surface area contributed by atoms with Crippen molar-refractivity contribution in [3.8, 4) is 0 Å². The van der Waals surface area contributed by atoms with Crippen LogP contribution in [0.5, 0.6) is 0 Å². The van der Waals surface area contributed by atoms with Gasteiger partial charge in [-0.3, -0.25) is 9.59 Å². The number of nitrogens with one attached hydrogen (secondary N) is 1. The zero-order valence-electron chi connectivity index (χ0n) is 12.4. The fraction of sp³-hybridized carbons (Fsp3) is 0.118. The van der Waals surface area contributed by atoms with Crippen LogP contribution >= 0.6 is 0 Å². The number of nitrogens with zero attached hydrogens (tertiary/aromatic N) is 1. The fourth-order valence-corrected chi connectivity index (χ4v) is 2.56. The number of anilines is 2. The van der Waals surface area contributed by atoms with E-state index in [0.29, 0.717) is 0 Å². The summed E-state index contributed by atoms with van der Waals surface area (Å²) >= 11 is 0. The fourth-order valence-electron chi connectivity index (χ4n) is 2.56. The molecule has 1 saturated heterocycles. The third-order valence-electron chi connectivity index (χ3n) is 3.70. The van der Waals surface area contributed by atoms with Gasteiger partial charge in [0.1, 0.15) is 11.9 Å². The van der Waals surface area contributed by atoms with Crippen molar-refractivity contribution in [1.29, 1.82) is 0 Å². The predicted molar refractivity (Wildman–Crippen MR) is 84.3 cm³/mol. The van der Waals surface area contributed by atoms with Crippen molar-refractivity contribution in [2.75, 3.05) is 10.2 Å². The number of carboxylic acid groups (broad SMARTS) is 1. The first-order valence-corrected chi connectivity index (χ1v) is 7.18. The maximum Gasteiger partial charge on any atom is 0.335 e. The summed E-state index contributed by atoms with van der Waals surface area (Å²) in [7, 11) is 0. The van der Waals surface area contributed by atoms with E-state index >= 15 is 0 Å². The van der Waals surface area contributed by atoms with Crippen LogP contribution in [0.1, 0.15) is 16.8 Å². The van der Waals surface area contributed by atoms with Crippen molar-refractivity contribution in [1.82, 2.24) is 0 Å². The van der Waals surface area contributed by atoms with E-state index < -0.39 is 29.6 Å². The SMILES string of the molecule is O=C(O)c1cccc(N2C(=O)CC(Nc3ccccc3F)C2=O)c1. The van der Waals surface area contributed by atoms with Gasteiger partial charge in [-0.15, -0.1) is 0 Å². The van der Waals surface area contributed by atoms with Crippen LogP contribution in [0.4, 0.5) is 15.8 Å². The number of imide groups is 1. The number of para-hydroxylation sites is 1. The van der Waals surface area contributed by atoms with Crippen LogP contribution in [0.15, 0.2) is 48.5 Å². The minimum atomic E-state index is -1.16. The molecule has 1 unspecified atom stereocenters. The van der Waals surface area contributed by atoms with Crippen LogP contribution in [0.25, 0.3) is 0 Å². The number of carboxylic acids is 1. The van der Waals surface area contributed by atoms with Gasteiger partial charge in [0.25, 0.3) is 5.91 Å². The Bertz CT molecular complexity index is 837. The summed E-state index contributed by atoms with van der Waals surface area (Å²) in [6.45, 7) is 0. The smallest absolute Gasteiger partial charge is 0.335 e. The Balaban J connectivity index is 1.86. The van der Waals surface area contributed by atoms with Crippen LogP contribution in [0.3, 0.4) is 0 Å². The van der Waals surface area contributed by atoms with Crippen LogP contribution in [-0.2, 0) is 9.59 Å². The van der Waals surface area contributed by atoms with Gasteiger partial charge < -0.3 is 10.4 Å². The average molecular weight is 328 g/mol. The highest BCUT2D eigenvalue weighted by Gasteiger charge is 2.40. The molecule has 1 atom stereocenters. The summed E-state index contributed by atoms with van der Waals surface area (Å²) in [6.07, 6.45) is -0.134. The number of rotatable bonds is 4. The number of amides is 2. The molecule has 3 rings (SSSR count). The highest BCUT2D eigenvalue weighted by Crippen LogP contribution is 2.26. The first-order valence-electron chi connectivity index (χ1n) is 7.18. The Morgan fingerprint density at radius 1 is 1.17 bits per heavy atom. The molecule has 1 heterocycles. The topological polar surface area (TPSA) is 86.7 Å². The Labute approximate surface area is 136 Å². The number of carbonyl (C=O) groups is 3. The van der Waals surface area contributed by atoms with Crippen molar-refractivity contribution in [3.05, 3.63) is 59.9 Å². The Morgan fingerprint density at radius 2 is 1.92 bits per heavy atom. The molecule has 0 aromatic heterocycles. The molecule has 1 aliphatic heterocycles. The third-order valence-corrected chi connectivity index (χ3v) is 3.70. The van der Waals surface area contributed by atoms with E-state index in [2.05, 4.69) is 5.32 Å². The standard InChI is InChI=1S/C17H13FN2O4/c18-12-6-1-2-7-13(12)19-14-9-15(21)20(16(14)22)11-5-3-4-10(8-11)17(23)24/h1-8,14,19H,9H2,(H,23,24). The molecule has 0 bridgehead atoms. The number of benzene rings is 2. The predicted octanol–water partition coefficient (Wildman–Crippen LogP) is 2.27. The lowest BCUT2D eigenvalue weighted by molar-refractivity contribution is -0.121. The number of halogens is 1. The molecule has 2 N–H and O–H groups in total. The average Bonchev–Trinajstić information content (AvgIpc) is 2.83. The molecular weight excluding hydrogens is 315 g/mol. The Hall–Kier alpha value is -3.22.